The molecule has 0 radical (unpaired) electrons. The number of rotatable bonds is 4. The van der Waals surface area contributed by atoms with Crippen molar-refractivity contribution in [2.24, 2.45) is 0 Å². The van der Waals surface area contributed by atoms with Gasteiger partial charge in [0.2, 0.25) is 0 Å². The van der Waals surface area contributed by atoms with Crippen LogP contribution in [-0.4, -0.2) is 22.6 Å². The number of benzene rings is 1. The molecule has 1 heterocycles. The molecule has 9 heteroatoms. The molecule has 19 heavy (non-hydrogen) atoms. The van der Waals surface area contributed by atoms with Crippen LogP contribution in [0.3, 0.4) is 0 Å². The lowest BCUT2D eigenvalue weighted by Crippen LogP contribution is -2.05. The molecule has 0 spiro atoms. The van der Waals surface area contributed by atoms with Crippen molar-refractivity contribution < 1.29 is 32.8 Å². The summed E-state index contributed by atoms with van der Waals surface area (Å²) in [5.74, 6) is -3.19. The van der Waals surface area contributed by atoms with E-state index in [2.05, 4.69) is 4.74 Å². The van der Waals surface area contributed by atoms with E-state index in [-0.39, 0.29) is 11.0 Å². The molecule has 0 aliphatic rings. The molecular weight excluding hydrogens is 268 g/mol. The van der Waals surface area contributed by atoms with E-state index in [0.29, 0.717) is 0 Å². The van der Waals surface area contributed by atoms with Gasteiger partial charge in [0, 0.05) is 12.1 Å². The number of carboxylic acids is 1. The number of carbonyl (C=O) groups is 1. The van der Waals surface area contributed by atoms with E-state index in [1.165, 1.54) is 0 Å². The largest absolute Gasteiger partial charge is 0.475 e. The highest BCUT2D eigenvalue weighted by Crippen LogP contribution is 2.36. The molecule has 0 atom stereocenters. The smallest absolute Gasteiger partial charge is 0.387 e. The van der Waals surface area contributed by atoms with Crippen molar-refractivity contribution in [3.8, 4) is 5.75 Å². The Balaban J connectivity index is 2.69. The summed E-state index contributed by atoms with van der Waals surface area (Å²) < 4.78 is 33.4. The summed E-state index contributed by atoms with van der Waals surface area (Å²) in [7, 11) is 0. The Bertz CT molecular complexity index is 665. The van der Waals surface area contributed by atoms with Crippen LogP contribution in [-0.2, 0) is 0 Å². The van der Waals surface area contributed by atoms with Crippen molar-refractivity contribution in [3.63, 3.8) is 0 Å². The third-order valence-electron chi connectivity index (χ3n) is 2.24. The summed E-state index contributed by atoms with van der Waals surface area (Å²) in [5, 5.41) is 19.2. The number of non-ortho nitro benzene ring substituents is 1. The summed E-state index contributed by atoms with van der Waals surface area (Å²) in [6.07, 6.45) is 0. The van der Waals surface area contributed by atoms with Gasteiger partial charge in [-0.25, -0.2) is 4.79 Å². The number of nitro groups is 1. The predicted octanol–water partition coefficient (Wildman–Crippen LogP) is 2.64. The minimum absolute atomic E-state index is 0.0985. The molecule has 0 bridgehead atoms. The first-order valence-electron chi connectivity index (χ1n) is 4.79. The number of alkyl halides is 2. The Hall–Kier alpha value is -2.71. The minimum atomic E-state index is -3.28. The number of aromatic carboxylic acids is 1. The van der Waals surface area contributed by atoms with Gasteiger partial charge in [-0.1, -0.05) is 0 Å². The average Bonchev–Trinajstić information content (AvgIpc) is 2.66. The lowest BCUT2D eigenvalue weighted by atomic mass is 10.2. The van der Waals surface area contributed by atoms with Crippen molar-refractivity contribution >= 4 is 22.6 Å². The zero-order valence-corrected chi connectivity index (χ0v) is 9.00. The summed E-state index contributed by atoms with van der Waals surface area (Å²) in [5.41, 5.74) is -0.497. The molecule has 1 aromatic carbocycles. The van der Waals surface area contributed by atoms with Crippen molar-refractivity contribution in [2.75, 3.05) is 0 Å². The van der Waals surface area contributed by atoms with Crippen LogP contribution in [0.25, 0.3) is 11.0 Å². The van der Waals surface area contributed by atoms with E-state index in [1.54, 1.807) is 0 Å². The SMILES string of the molecule is O=C(O)c1oc2ccc([N+](=O)[O-])cc2c1OC(F)F. The highest BCUT2D eigenvalue weighted by molar-refractivity contribution is 5.98. The normalized spacial score (nSPS) is 10.9. The van der Waals surface area contributed by atoms with Crippen molar-refractivity contribution in [1.82, 2.24) is 0 Å². The summed E-state index contributed by atoms with van der Waals surface area (Å²) >= 11 is 0. The van der Waals surface area contributed by atoms with Gasteiger partial charge < -0.3 is 14.3 Å². The summed E-state index contributed by atoms with van der Waals surface area (Å²) in [6, 6.07) is 3.07. The highest BCUT2D eigenvalue weighted by Gasteiger charge is 2.25. The maximum Gasteiger partial charge on any atom is 0.387 e. The highest BCUT2D eigenvalue weighted by atomic mass is 19.3. The van der Waals surface area contributed by atoms with Crippen LogP contribution in [0.1, 0.15) is 10.6 Å². The molecule has 0 unspecified atom stereocenters. The molecule has 0 amide bonds. The van der Waals surface area contributed by atoms with Gasteiger partial charge in [-0.3, -0.25) is 10.1 Å². The number of nitro benzene ring substituents is 1. The Morgan fingerprint density at radius 1 is 1.47 bits per heavy atom. The summed E-state index contributed by atoms with van der Waals surface area (Å²) in [4.78, 5) is 20.7. The topological polar surface area (TPSA) is 103 Å². The molecule has 2 rings (SSSR count). The second kappa shape index (κ2) is 4.52. The standard InChI is InChI=1S/C10H5F2NO6/c11-10(12)19-7-5-3-4(13(16)17)1-2-6(5)18-8(7)9(14)15/h1-3,10H,(H,14,15). The first kappa shape index (κ1) is 12.7. The van der Waals surface area contributed by atoms with Crippen LogP contribution in [0, 0.1) is 10.1 Å². The first-order valence-corrected chi connectivity index (χ1v) is 4.79. The molecule has 7 nitrogen and oxygen atoms in total. The van der Waals surface area contributed by atoms with Crippen LogP contribution in [0.15, 0.2) is 22.6 Å². The van der Waals surface area contributed by atoms with Gasteiger partial charge in [0.15, 0.2) is 5.75 Å². The third kappa shape index (κ3) is 2.30. The van der Waals surface area contributed by atoms with Crippen molar-refractivity contribution in [2.45, 2.75) is 6.61 Å². The van der Waals surface area contributed by atoms with E-state index >= 15 is 0 Å². The average molecular weight is 273 g/mol. The molecule has 2 aromatic rings. The zero-order chi connectivity index (χ0) is 14.2. The van der Waals surface area contributed by atoms with Crippen LogP contribution in [0.4, 0.5) is 14.5 Å². The second-order valence-corrected chi connectivity index (χ2v) is 3.38. The van der Waals surface area contributed by atoms with Gasteiger partial charge in [-0.05, 0) is 6.07 Å². The number of nitrogens with zero attached hydrogens (tertiary/aromatic N) is 1. The van der Waals surface area contributed by atoms with E-state index in [9.17, 15) is 23.7 Å². The number of fused-ring (bicyclic) bond motifs is 1. The lowest BCUT2D eigenvalue weighted by Gasteiger charge is -2.02. The van der Waals surface area contributed by atoms with Gasteiger partial charge in [-0.2, -0.15) is 8.78 Å². The molecule has 0 fully saturated rings. The number of halogens is 2. The van der Waals surface area contributed by atoms with E-state index in [0.717, 1.165) is 18.2 Å². The number of hydrogen-bond acceptors (Lipinski definition) is 5. The Kier molecular flexibility index (Phi) is 3.03. The first-order chi connectivity index (χ1) is 8.90. The van der Waals surface area contributed by atoms with Crippen LogP contribution in [0.2, 0.25) is 0 Å². The van der Waals surface area contributed by atoms with Gasteiger partial charge in [0.25, 0.3) is 11.4 Å². The molecule has 1 aromatic heterocycles. The molecule has 0 saturated heterocycles. The van der Waals surface area contributed by atoms with Crippen LogP contribution < -0.4 is 4.74 Å². The van der Waals surface area contributed by atoms with Gasteiger partial charge in [0.05, 0.1) is 10.3 Å². The van der Waals surface area contributed by atoms with Crippen LogP contribution >= 0.6 is 0 Å². The number of furan rings is 1. The second-order valence-electron chi connectivity index (χ2n) is 3.38. The van der Waals surface area contributed by atoms with Crippen molar-refractivity contribution in [1.29, 1.82) is 0 Å². The number of carboxylic acid groups (broad SMARTS) is 1. The molecule has 0 saturated carbocycles. The minimum Gasteiger partial charge on any atom is -0.475 e. The van der Waals surface area contributed by atoms with E-state index in [4.69, 9.17) is 9.52 Å². The fourth-order valence-electron chi connectivity index (χ4n) is 1.52. The fraction of sp³-hybridized carbons (Fsp3) is 0.100. The molecule has 100 valence electrons. The predicted molar refractivity (Wildman–Crippen MR) is 56.5 cm³/mol. The Morgan fingerprint density at radius 3 is 2.68 bits per heavy atom. The molecular formula is C10H5F2NO6. The number of hydrogen-bond donors (Lipinski definition) is 1. The van der Waals surface area contributed by atoms with E-state index < -0.39 is 34.7 Å². The zero-order valence-electron chi connectivity index (χ0n) is 9.00. The van der Waals surface area contributed by atoms with Gasteiger partial charge in [-0.15, -0.1) is 0 Å². The summed E-state index contributed by atoms with van der Waals surface area (Å²) in [6.45, 7) is -3.28. The molecule has 1 N–H and O–H groups in total. The van der Waals surface area contributed by atoms with Crippen molar-refractivity contribution in [3.05, 3.63) is 34.1 Å². The van der Waals surface area contributed by atoms with Gasteiger partial charge in [0.1, 0.15) is 5.58 Å². The van der Waals surface area contributed by atoms with E-state index in [1.807, 2.05) is 0 Å². The Labute approximate surface area is 103 Å². The third-order valence-corrected chi connectivity index (χ3v) is 2.24. The van der Waals surface area contributed by atoms with Crippen LogP contribution in [0.5, 0.6) is 5.75 Å². The molecule has 0 aliphatic carbocycles. The lowest BCUT2D eigenvalue weighted by molar-refractivity contribution is -0.384. The maximum atomic E-state index is 12.2. The Morgan fingerprint density at radius 2 is 2.16 bits per heavy atom. The monoisotopic (exact) mass is 273 g/mol. The maximum absolute atomic E-state index is 12.2. The fourth-order valence-corrected chi connectivity index (χ4v) is 1.52. The van der Waals surface area contributed by atoms with Gasteiger partial charge >= 0.3 is 12.6 Å². The number of ether oxygens (including phenoxy) is 1. The molecule has 0 aliphatic heterocycles. The quantitative estimate of drug-likeness (QED) is 0.678.